The molecule has 10 heteroatoms. The Bertz CT molecular complexity index is 997. The smallest absolute Gasteiger partial charge is 0.407 e. The normalized spacial score (nSPS) is 25.6. The summed E-state index contributed by atoms with van der Waals surface area (Å²) in [6.45, 7) is 5.56. The first kappa shape index (κ1) is 23.7. The summed E-state index contributed by atoms with van der Waals surface area (Å²) < 4.78 is 35.7. The summed E-state index contributed by atoms with van der Waals surface area (Å²) in [5.74, 6) is 0.476. The third kappa shape index (κ3) is 5.73. The summed E-state index contributed by atoms with van der Waals surface area (Å²) in [6.07, 6.45) is 5.90. The number of alkyl carbamates (subject to hydrolysis) is 1. The van der Waals surface area contributed by atoms with Crippen LogP contribution in [0.15, 0.2) is 42.4 Å². The molecule has 4 rings (SSSR count). The quantitative estimate of drug-likeness (QED) is 0.599. The lowest BCUT2D eigenvalue weighted by atomic mass is 9.91. The second-order valence-electron chi connectivity index (χ2n) is 9.53. The van der Waals surface area contributed by atoms with Gasteiger partial charge in [-0.25, -0.2) is 9.18 Å². The summed E-state index contributed by atoms with van der Waals surface area (Å²) in [6, 6.07) is 4.82. The Morgan fingerprint density at radius 3 is 2.41 bits per heavy atom. The van der Waals surface area contributed by atoms with Crippen LogP contribution < -0.4 is 30.2 Å². The van der Waals surface area contributed by atoms with Crippen LogP contribution in [0.4, 0.5) is 9.18 Å². The van der Waals surface area contributed by atoms with E-state index >= 15 is 0 Å². The molecule has 2 aliphatic heterocycles. The Kier molecular flexibility index (Phi) is 6.58. The van der Waals surface area contributed by atoms with E-state index in [4.69, 9.17) is 18.9 Å². The Morgan fingerprint density at radius 2 is 1.76 bits per heavy atom. The van der Waals surface area contributed by atoms with Crippen LogP contribution in [0.1, 0.15) is 46.5 Å². The molecule has 0 spiro atoms. The van der Waals surface area contributed by atoms with E-state index in [1.165, 1.54) is 12.2 Å². The molecule has 9 nitrogen and oxygen atoms in total. The minimum absolute atomic E-state index is 0.0217. The number of benzene rings is 1. The minimum atomic E-state index is -1.63. The molecular formula is C24H30FN3O6. The molecule has 1 saturated carbocycles. The zero-order valence-corrected chi connectivity index (χ0v) is 19.5. The predicted octanol–water partition coefficient (Wildman–Crippen LogP) is 3.41. The van der Waals surface area contributed by atoms with E-state index in [-0.39, 0.29) is 18.9 Å². The van der Waals surface area contributed by atoms with Crippen LogP contribution in [0.3, 0.4) is 0 Å². The molecule has 1 atom stereocenters. The van der Waals surface area contributed by atoms with E-state index in [9.17, 15) is 14.0 Å². The fourth-order valence-corrected chi connectivity index (χ4v) is 4.00. The van der Waals surface area contributed by atoms with Crippen LogP contribution in [-0.4, -0.2) is 42.2 Å². The highest BCUT2D eigenvalue weighted by molar-refractivity contribution is 5.88. The number of rotatable bonds is 5. The van der Waals surface area contributed by atoms with Crippen molar-refractivity contribution in [3.8, 4) is 17.2 Å². The van der Waals surface area contributed by atoms with Crippen LogP contribution >= 0.6 is 0 Å². The molecule has 1 aromatic rings. The molecule has 0 aromatic heterocycles. The molecule has 2 amide bonds. The molecule has 34 heavy (non-hydrogen) atoms. The predicted molar refractivity (Wildman–Crippen MR) is 121 cm³/mol. The number of amides is 2. The maximum atomic E-state index is 13.7. The van der Waals surface area contributed by atoms with Gasteiger partial charge in [-0.15, -0.1) is 0 Å². The van der Waals surface area contributed by atoms with Gasteiger partial charge in [-0.3, -0.25) is 4.79 Å². The fraction of sp³-hybridized carbons (Fsp3) is 0.500. The van der Waals surface area contributed by atoms with Crippen molar-refractivity contribution in [2.24, 2.45) is 0 Å². The second-order valence-corrected chi connectivity index (χ2v) is 9.53. The number of fused-ring (bicyclic) bond motifs is 1. The zero-order valence-electron chi connectivity index (χ0n) is 19.5. The molecule has 1 aromatic carbocycles. The summed E-state index contributed by atoms with van der Waals surface area (Å²) in [5, 5.41) is 8.62. The molecule has 0 radical (unpaired) electrons. The maximum absolute atomic E-state index is 13.7. The highest BCUT2D eigenvalue weighted by Gasteiger charge is 2.41. The number of hydrogen-bond donors (Lipinski definition) is 3. The van der Waals surface area contributed by atoms with E-state index in [0.29, 0.717) is 42.9 Å². The van der Waals surface area contributed by atoms with Gasteiger partial charge in [0.2, 0.25) is 6.79 Å². The van der Waals surface area contributed by atoms with Crippen molar-refractivity contribution in [3.63, 3.8) is 0 Å². The molecule has 0 bridgehead atoms. The first-order valence-corrected chi connectivity index (χ1v) is 11.3. The fourth-order valence-electron chi connectivity index (χ4n) is 4.00. The first-order chi connectivity index (χ1) is 16.1. The third-order valence-corrected chi connectivity index (χ3v) is 5.65. The van der Waals surface area contributed by atoms with E-state index < -0.39 is 29.2 Å². The van der Waals surface area contributed by atoms with E-state index in [1.54, 1.807) is 18.2 Å². The largest absolute Gasteiger partial charge is 0.455 e. The number of carbonyl (C=O) groups excluding carboxylic acids is 2. The van der Waals surface area contributed by atoms with Crippen LogP contribution in [0.2, 0.25) is 0 Å². The van der Waals surface area contributed by atoms with Gasteiger partial charge in [-0.2, -0.15) is 0 Å². The summed E-state index contributed by atoms with van der Waals surface area (Å²) in [7, 11) is 0. The van der Waals surface area contributed by atoms with Gasteiger partial charge < -0.3 is 34.9 Å². The zero-order chi connectivity index (χ0) is 24.3. The minimum Gasteiger partial charge on any atom is -0.455 e. The number of ether oxygens (including phenoxy) is 4. The number of allylic oxidation sites excluding steroid dienone is 2. The number of carbonyl (C=O) groups is 2. The number of dihydropyridines is 1. The van der Waals surface area contributed by atoms with Crippen molar-refractivity contribution in [1.29, 1.82) is 0 Å². The van der Waals surface area contributed by atoms with Gasteiger partial charge in [0, 0.05) is 24.4 Å². The lowest BCUT2D eigenvalue weighted by Crippen LogP contribution is -2.61. The molecule has 184 valence electrons. The van der Waals surface area contributed by atoms with Gasteiger partial charge in [0.25, 0.3) is 11.6 Å². The average Bonchev–Trinajstić information content (AvgIpc) is 3.23. The van der Waals surface area contributed by atoms with Crippen molar-refractivity contribution in [3.05, 3.63) is 42.4 Å². The van der Waals surface area contributed by atoms with Crippen molar-refractivity contribution in [1.82, 2.24) is 16.0 Å². The highest BCUT2D eigenvalue weighted by atomic mass is 19.1. The molecule has 0 saturated heterocycles. The van der Waals surface area contributed by atoms with Crippen molar-refractivity contribution in [2.75, 3.05) is 6.79 Å². The first-order valence-electron chi connectivity index (χ1n) is 11.3. The highest BCUT2D eigenvalue weighted by Crippen LogP contribution is 2.36. The van der Waals surface area contributed by atoms with Crippen LogP contribution in [0, 0.1) is 0 Å². The van der Waals surface area contributed by atoms with Crippen LogP contribution in [-0.2, 0) is 9.53 Å². The second kappa shape index (κ2) is 9.44. The number of halogens is 1. The Hall–Kier alpha value is -3.43. The van der Waals surface area contributed by atoms with E-state index in [1.807, 2.05) is 20.8 Å². The topological polar surface area (TPSA) is 107 Å². The van der Waals surface area contributed by atoms with Crippen molar-refractivity contribution < 1.29 is 32.9 Å². The van der Waals surface area contributed by atoms with Gasteiger partial charge in [0.05, 0.1) is 0 Å². The Labute approximate surface area is 197 Å². The molecule has 1 aliphatic carbocycles. The van der Waals surface area contributed by atoms with E-state index in [2.05, 4.69) is 16.0 Å². The Balaban J connectivity index is 1.37. The van der Waals surface area contributed by atoms with Gasteiger partial charge in [-0.1, -0.05) is 0 Å². The molecule has 3 N–H and O–H groups in total. The summed E-state index contributed by atoms with van der Waals surface area (Å²) in [4.78, 5) is 25.3. The van der Waals surface area contributed by atoms with Gasteiger partial charge >= 0.3 is 6.09 Å². The average molecular weight is 476 g/mol. The molecule has 3 aliphatic rings. The van der Waals surface area contributed by atoms with E-state index in [0.717, 1.165) is 6.20 Å². The SMILES string of the molecule is CC(C)(C)OC(=O)NC1CCC(NC(=O)C2(Oc3ccc4c(c3)OCO4)C=CC(F)=CN2)CC1. The Morgan fingerprint density at radius 1 is 1.09 bits per heavy atom. The number of nitrogens with one attached hydrogen (secondary N) is 3. The molecule has 1 unspecified atom stereocenters. The van der Waals surface area contributed by atoms with Crippen molar-refractivity contribution >= 4 is 12.0 Å². The van der Waals surface area contributed by atoms with Crippen LogP contribution in [0.5, 0.6) is 17.2 Å². The lowest BCUT2D eigenvalue weighted by Gasteiger charge is -2.35. The van der Waals surface area contributed by atoms with Gasteiger partial charge in [0.1, 0.15) is 17.2 Å². The maximum Gasteiger partial charge on any atom is 0.407 e. The number of hydrogen-bond acceptors (Lipinski definition) is 7. The lowest BCUT2D eigenvalue weighted by molar-refractivity contribution is -0.135. The third-order valence-electron chi connectivity index (χ3n) is 5.65. The molecule has 1 fully saturated rings. The standard InChI is InChI=1S/C24H30FN3O6/c1-23(2,3)34-22(30)28-17-6-4-16(5-7-17)27-21(29)24(11-10-15(25)13-26-24)33-18-8-9-19-20(12-18)32-14-31-19/h8-13,16-17,26H,4-7,14H2,1-3H3,(H,27,29)(H,28,30). The van der Waals surface area contributed by atoms with Crippen LogP contribution in [0.25, 0.3) is 0 Å². The molecular weight excluding hydrogens is 445 g/mol. The van der Waals surface area contributed by atoms with Gasteiger partial charge in [0.15, 0.2) is 11.5 Å². The molecule has 2 heterocycles. The van der Waals surface area contributed by atoms with Gasteiger partial charge in [-0.05, 0) is 70.7 Å². The summed E-state index contributed by atoms with van der Waals surface area (Å²) >= 11 is 0. The summed E-state index contributed by atoms with van der Waals surface area (Å²) in [5.41, 5.74) is -2.19. The monoisotopic (exact) mass is 475 g/mol. The van der Waals surface area contributed by atoms with Crippen molar-refractivity contribution in [2.45, 2.75) is 69.9 Å².